The molecule has 1 amide bonds. The third-order valence-corrected chi connectivity index (χ3v) is 4.56. The third-order valence-electron chi connectivity index (χ3n) is 4.35. The Balaban J connectivity index is 1.74. The van der Waals surface area contributed by atoms with Crippen LogP contribution >= 0.6 is 11.6 Å². The molecule has 20 heavy (non-hydrogen) atoms. The van der Waals surface area contributed by atoms with Crippen LogP contribution in [0.15, 0.2) is 12.3 Å². The molecular formula is C14H20ClN3O2. The van der Waals surface area contributed by atoms with Crippen LogP contribution in [-0.4, -0.2) is 35.3 Å². The van der Waals surface area contributed by atoms with Gasteiger partial charge < -0.3 is 20.4 Å². The van der Waals surface area contributed by atoms with E-state index in [9.17, 15) is 4.79 Å². The molecule has 1 aromatic rings. The first-order valence-electron chi connectivity index (χ1n) is 7.04. The summed E-state index contributed by atoms with van der Waals surface area (Å²) in [6.07, 6.45) is 2.84. The Morgan fingerprint density at radius 2 is 2.35 bits per heavy atom. The molecule has 0 bridgehead atoms. The summed E-state index contributed by atoms with van der Waals surface area (Å²) in [4.78, 5) is 12.4. The van der Waals surface area contributed by atoms with E-state index in [1.807, 2.05) is 18.4 Å². The molecule has 2 aliphatic rings. The SMILES string of the molecule is CC(C)n1cc(Cl)cc1C(=O)NC1C(N)C2CCOC21. The van der Waals surface area contributed by atoms with E-state index in [-0.39, 0.29) is 30.1 Å². The fourth-order valence-electron chi connectivity index (χ4n) is 3.21. The quantitative estimate of drug-likeness (QED) is 0.890. The zero-order chi connectivity index (χ0) is 14.4. The van der Waals surface area contributed by atoms with E-state index in [0.717, 1.165) is 13.0 Å². The number of amides is 1. The van der Waals surface area contributed by atoms with Gasteiger partial charge in [0.15, 0.2) is 0 Å². The van der Waals surface area contributed by atoms with Crippen LogP contribution in [0, 0.1) is 5.92 Å². The lowest BCUT2D eigenvalue weighted by Crippen LogP contribution is -2.69. The van der Waals surface area contributed by atoms with Gasteiger partial charge in [0.2, 0.25) is 0 Å². The predicted octanol–water partition coefficient (Wildman–Crippen LogP) is 1.57. The molecule has 3 N–H and O–H groups in total. The zero-order valence-corrected chi connectivity index (χ0v) is 12.4. The number of nitrogens with two attached hydrogens (primary N) is 1. The van der Waals surface area contributed by atoms with E-state index in [4.69, 9.17) is 22.1 Å². The van der Waals surface area contributed by atoms with E-state index in [0.29, 0.717) is 16.6 Å². The molecule has 1 aliphatic carbocycles. The summed E-state index contributed by atoms with van der Waals surface area (Å²) in [6, 6.07) is 1.76. The van der Waals surface area contributed by atoms with E-state index < -0.39 is 0 Å². The van der Waals surface area contributed by atoms with Crippen molar-refractivity contribution in [2.45, 2.75) is 44.5 Å². The van der Waals surface area contributed by atoms with Crippen molar-refractivity contribution in [1.29, 1.82) is 0 Å². The van der Waals surface area contributed by atoms with Gasteiger partial charge in [-0.3, -0.25) is 4.79 Å². The first kappa shape index (κ1) is 13.9. The average molecular weight is 298 g/mol. The van der Waals surface area contributed by atoms with Crippen molar-refractivity contribution >= 4 is 17.5 Å². The molecule has 0 spiro atoms. The largest absolute Gasteiger partial charge is 0.376 e. The molecule has 1 saturated heterocycles. The van der Waals surface area contributed by atoms with Crippen molar-refractivity contribution in [3.05, 3.63) is 23.0 Å². The third kappa shape index (κ3) is 2.14. The Labute approximate surface area is 123 Å². The second-order valence-corrected chi connectivity index (χ2v) is 6.35. The number of nitrogens with one attached hydrogen (secondary N) is 1. The van der Waals surface area contributed by atoms with Crippen molar-refractivity contribution in [2.24, 2.45) is 11.7 Å². The summed E-state index contributed by atoms with van der Waals surface area (Å²) in [5.41, 5.74) is 6.68. The fraction of sp³-hybridized carbons (Fsp3) is 0.643. The monoisotopic (exact) mass is 297 g/mol. The Morgan fingerprint density at radius 1 is 1.60 bits per heavy atom. The number of nitrogens with zero attached hydrogens (tertiary/aromatic N) is 1. The maximum absolute atomic E-state index is 12.4. The molecule has 0 radical (unpaired) electrons. The molecule has 5 nitrogen and oxygen atoms in total. The highest BCUT2D eigenvalue weighted by atomic mass is 35.5. The van der Waals surface area contributed by atoms with E-state index in [2.05, 4.69) is 5.32 Å². The number of rotatable bonds is 3. The minimum Gasteiger partial charge on any atom is -0.376 e. The Kier molecular flexibility index (Phi) is 3.52. The smallest absolute Gasteiger partial charge is 0.268 e. The molecule has 1 aliphatic heterocycles. The number of carbonyl (C=O) groups is 1. The molecule has 2 fully saturated rings. The van der Waals surface area contributed by atoms with Crippen molar-refractivity contribution in [3.8, 4) is 0 Å². The minimum atomic E-state index is -0.139. The number of halogens is 1. The van der Waals surface area contributed by atoms with Gasteiger partial charge in [-0.05, 0) is 26.3 Å². The predicted molar refractivity (Wildman–Crippen MR) is 76.9 cm³/mol. The van der Waals surface area contributed by atoms with Crippen LogP contribution in [0.2, 0.25) is 5.02 Å². The van der Waals surface area contributed by atoms with Gasteiger partial charge in [0.1, 0.15) is 5.69 Å². The van der Waals surface area contributed by atoms with E-state index in [1.54, 1.807) is 12.3 Å². The normalized spacial score (nSPS) is 32.0. The van der Waals surface area contributed by atoms with Crippen LogP contribution in [0.25, 0.3) is 0 Å². The molecule has 0 aromatic carbocycles. The number of fused-ring (bicyclic) bond motifs is 1. The maximum Gasteiger partial charge on any atom is 0.268 e. The van der Waals surface area contributed by atoms with Crippen molar-refractivity contribution in [1.82, 2.24) is 9.88 Å². The Bertz CT molecular complexity index is 528. The van der Waals surface area contributed by atoms with Gasteiger partial charge in [0.25, 0.3) is 5.91 Å². The lowest BCUT2D eigenvalue weighted by Gasteiger charge is -2.45. The first-order chi connectivity index (χ1) is 9.49. The van der Waals surface area contributed by atoms with Crippen LogP contribution in [0.3, 0.4) is 0 Å². The lowest BCUT2D eigenvalue weighted by molar-refractivity contribution is -0.0162. The Morgan fingerprint density at radius 3 is 3.05 bits per heavy atom. The second-order valence-electron chi connectivity index (χ2n) is 5.91. The first-order valence-corrected chi connectivity index (χ1v) is 7.42. The topological polar surface area (TPSA) is 69.3 Å². The van der Waals surface area contributed by atoms with Gasteiger partial charge in [-0.25, -0.2) is 0 Å². The highest BCUT2D eigenvalue weighted by Crippen LogP contribution is 2.37. The average Bonchev–Trinajstić information content (AvgIpc) is 2.99. The standard InChI is InChI=1S/C14H20ClN3O2/c1-7(2)18-6-8(15)5-10(18)14(19)17-12-11(16)9-3-4-20-13(9)12/h5-7,9,11-13H,3-4,16H2,1-2H3,(H,17,19). The summed E-state index contributed by atoms with van der Waals surface area (Å²) >= 11 is 6.01. The van der Waals surface area contributed by atoms with Gasteiger partial charge in [-0.2, -0.15) is 0 Å². The summed E-state index contributed by atoms with van der Waals surface area (Å²) < 4.78 is 7.50. The summed E-state index contributed by atoms with van der Waals surface area (Å²) in [5.74, 6) is 0.251. The summed E-state index contributed by atoms with van der Waals surface area (Å²) in [7, 11) is 0. The molecule has 6 heteroatoms. The van der Waals surface area contributed by atoms with Gasteiger partial charge in [-0.15, -0.1) is 0 Å². The van der Waals surface area contributed by atoms with Crippen LogP contribution in [0.1, 0.15) is 36.8 Å². The highest BCUT2D eigenvalue weighted by Gasteiger charge is 2.52. The van der Waals surface area contributed by atoms with Crippen molar-refractivity contribution in [2.75, 3.05) is 6.61 Å². The zero-order valence-electron chi connectivity index (χ0n) is 11.7. The number of aromatic nitrogens is 1. The van der Waals surface area contributed by atoms with Gasteiger partial charge >= 0.3 is 0 Å². The maximum atomic E-state index is 12.4. The van der Waals surface area contributed by atoms with E-state index >= 15 is 0 Å². The van der Waals surface area contributed by atoms with Crippen LogP contribution in [0.4, 0.5) is 0 Å². The number of hydrogen-bond acceptors (Lipinski definition) is 3. The van der Waals surface area contributed by atoms with Crippen LogP contribution in [0.5, 0.6) is 0 Å². The lowest BCUT2D eigenvalue weighted by atomic mass is 9.72. The van der Waals surface area contributed by atoms with Crippen molar-refractivity contribution < 1.29 is 9.53 Å². The van der Waals surface area contributed by atoms with Crippen molar-refractivity contribution in [3.63, 3.8) is 0 Å². The molecule has 1 saturated carbocycles. The van der Waals surface area contributed by atoms with Crippen LogP contribution in [-0.2, 0) is 4.74 Å². The fourth-order valence-corrected chi connectivity index (χ4v) is 3.42. The van der Waals surface area contributed by atoms with Crippen LogP contribution < -0.4 is 11.1 Å². The molecule has 4 unspecified atom stereocenters. The van der Waals surface area contributed by atoms with Gasteiger partial charge in [0, 0.05) is 30.8 Å². The summed E-state index contributed by atoms with van der Waals surface area (Å²) in [6.45, 7) is 4.76. The molecular weight excluding hydrogens is 278 g/mol. The molecule has 2 heterocycles. The van der Waals surface area contributed by atoms with Gasteiger partial charge in [0.05, 0.1) is 17.2 Å². The number of ether oxygens (including phenoxy) is 1. The second kappa shape index (κ2) is 5.06. The molecule has 110 valence electrons. The highest BCUT2D eigenvalue weighted by molar-refractivity contribution is 6.31. The van der Waals surface area contributed by atoms with Gasteiger partial charge in [-0.1, -0.05) is 11.6 Å². The molecule has 4 atom stereocenters. The Hall–Kier alpha value is -1.04. The minimum absolute atomic E-state index is 0.00983. The molecule has 3 rings (SSSR count). The number of carbonyl (C=O) groups excluding carboxylic acids is 1. The van der Waals surface area contributed by atoms with E-state index in [1.165, 1.54) is 0 Å². The summed E-state index contributed by atoms with van der Waals surface area (Å²) in [5, 5.41) is 3.56. The molecule has 1 aromatic heterocycles. The number of hydrogen-bond donors (Lipinski definition) is 2.